The lowest BCUT2D eigenvalue weighted by Crippen LogP contribution is -2.17. The van der Waals surface area contributed by atoms with Crippen molar-refractivity contribution in [3.8, 4) is 11.8 Å². The molecule has 3 nitrogen and oxygen atoms in total. The van der Waals surface area contributed by atoms with Crippen LogP contribution in [0.3, 0.4) is 0 Å². The van der Waals surface area contributed by atoms with Crippen molar-refractivity contribution in [1.29, 1.82) is 0 Å². The smallest absolute Gasteiger partial charge is 0.109 e. The van der Waals surface area contributed by atoms with Crippen LogP contribution in [-0.2, 0) is 13.5 Å². The zero-order valence-electron chi connectivity index (χ0n) is 20.2. The monoisotopic (exact) mass is 423 g/mol. The number of aromatic nitrogens is 2. The predicted octanol–water partition coefficient (Wildman–Crippen LogP) is 6.89. The van der Waals surface area contributed by atoms with Gasteiger partial charge in [0.15, 0.2) is 0 Å². The minimum Gasteiger partial charge on any atom is -0.268 e. The summed E-state index contributed by atoms with van der Waals surface area (Å²) in [6.07, 6.45) is 18.0. The Kier molecular flexibility index (Phi) is 11.6. The van der Waals surface area contributed by atoms with Crippen LogP contribution in [0.15, 0.2) is 53.3 Å². The number of hydrogen-bond acceptors (Lipinski definition) is 2. The van der Waals surface area contributed by atoms with Gasteiger partial charge in [-0.25, -0.2) is 4.39 Å². The Labute approximate surface area is 188 Å². The number of allylic oxidation sites excluding steroid dienone is 7. The first kappa shape index (κ1) is 26.4. The molecule has 0 saturated heterocycles. The minimum absolute atomic E-state index is 0.229. The van der Waals surface area contributed by atoms with E-state index in [-0.39, 0.29) is 5.41 Å². The third-order valence-electron chi connectivity index (χ3n) is 5.15. The highest BCUT2D eigenvalue weighted by molar-refractivity contribution is 5.84. The van der Waals surface area contributed by atoms with Crippen LogP contribution >= 0.6 is 0 Å². The topological polar surface area (TPSA) is 30.2 Å². The van der Waals surface area contributed by atoms with E-state index in [9.17, 15) is 4.39 Å². The fourth-order valence-corrected chi connectivity index (χ4v) is 3.52. The van der Waals surface area contributed by atoms with Gasteiger partial charge < -0.3 is 0 Å². The average molecular weight is 424 g/mol. The van der Waals surface area contributed by atoms with Crippen molar-refractivity contribution in [3.05, 3.63) is 59.6 Å². The van der Waals surface area contributed by atoms with Crippen LogP contribution in [0.1, 0.15) is 65.6 Å². The molecule has 168 valence electrons. The zero-order valence-corrected chi connectivity index (χ0v) is 20.2. The number of aryl methyl sites for hydroxylation is 2. The van der Waals surface area contributed by atoms with Gasteiger partial charge in [0.25, 0.3) is 0 Å². The molecule has 0 aromatic carbocycles. The van der Waals surface area contributed by atoms with E-state index in [0.29, 0.717) is 5.92 Å². The summed E-state index contributed by atoms with van der Waals surface area (Å²) in [5.41, 5.74) is 4.03. The van der Waals surface area contributed by atoms with Crippen LogP contribution in [0.2, 0.25) is 0 Å². The van der Waals surface area contributed by atoms with Crippen molar-refractivity contribution < 1.29 is 4.39 Å². The van der Waals surface area contributed by atoms with Crippen molar-refractivity contribution in [2.24, 2.45) is 23.4 Å². The Morgan fingerprint density at radius 3 is 2.65 bits per heavy atom. The van der Waals surface area contributed by atoms with E-state index in [4.69, 9.17) is 0 Å². The number of hydrogen-bond donors (Lipinski definition) is 0. The van der Waals surface area contributed by atoms with Gasteiger partial charge in [0, 0.05) is 25.0 Å². The molecular weight excluding hydrogens is 385 g/mol. The standard InChI is InChI=1S/C27H38FN3/c1-8-12-22(20-29-19-17-25(10-3)27(4,5)6)14-11-15-24-21-30-31(7)26(24)23(13-9-2)16-18-28/h9,13-14,16-17,19-21,25H,10-11,15,18H2,1-7H3/b13-9-,19-17+,22-14-,23-16+,29-20-. The molecule has 0 spiro atoms. The maximum atomic E-state index is 13.0. The lowest BCUT2D eigenvalue weighted by molar-refractivity contribution is 0.286. The molecule has 0 radical (unpaired) electrons. The van der Waals surface area contributed by atoms with Crippen LogP contribution in [0.5, 0.6) is 0 Å². The zero-order chi connectivity index (χ0) is 23.3. The Hall–Kier alpha value is -2.67. The SMILES string of the molecule is CC#CC(/C=N\C=C\C(CC)C(C)(C)C)=C/CCc1cnn(C)c1C(/C=C\C)=C/CF. The molecule has 4 heteroatoms. The lowest BCUT2D eigenvalue weighted by atomic mass is 9.79. The molecule has 0 N–H and O–H groups in total. The van der Waals surface area contributed by atoms with Crippen molar-refractivity contribution in [1.82, 2.24) is 9.78 Å². The van der Waals surface area contributed by atoms with E-state index in [1.165, 1.54) is 0 Å². The first-order valence-electron chi connectivity index (χ1n) is 11.0. The predicted molar refractivity (Wildman–Crippen MR) is 133 cm³/mol. The van der Waals surface area contributed by atoms with Gasteiger partial charge in [0.05, 0.1) is 11.9 Å². The van der Waals surface area contributed by atoms with Gasteiger partial charge in [-0.3, -0.25) is 9.67 Å². The van der Waals surface area contributed by atoms with Crippen LogP contribution in [0, 0.1) is 23.2 Å². The molecule has 0 fully saturated rings. The van der Waals surface area contributed by atoms with Gasteiger partial charge in [0.2, 0.25) is 0 Å². The molecule has 0 aliphatic carbocycles. The molecule has 0 aliphatic heterocycles. The average Bonchev–Trinajstić information content (AvgIpc) is 3.07. The van der Waals surface area contributed by atoms with Crippen LogP contribution in [0.25, 0.3) is 5.57 Å². The maximum Gasteiger partial charge on any atom is 0.109 e. The second-order valence-corrected chi connectivity index (χ2v) is 8.53. The van der Waals surface area contributed by atoms with Crippen LogP contribution < -0.4 is 0 Å². The highest BCUT2D eigenvalue weighted by atomic mass is 19.1. The minimum atomic E-state index is -0.501. The summed E-state index contributed by atoms with van der Waals surface area (Å²) in [7, 11) is 1.89. The number of rotatable bonds is 10. The Bertz CT molecular complexity index is 893. The number of nitrogens with zero attached hydrogens (tertiary/aromatic N) is 3. The first-order valence-corrected chi connectivity index (χ1v) is 11.0. The molecule has 31 heavy (non-hydrogen) atoms. The fourth-order valence-electron chi connectivity index (χ4n) is 3.52. The van der Waals surface area contributed by atoms with Gasteiger partial charge in [-0.1, -0.05) is 57.9 Å². The largest absolute Gasteiger partial charge is 0.268 e. The number of halogens is 1. The Morgan fingerprint density at radius 1 is 1.32 bits per heavy atom. The van der Waals surface area contributed by atoms with Crippen LogP contribution in [0.4, 0.5) is 4.39 Å². The highest BCUT2D eigenvalue weighted by Gasteiger charge is 2.19. The molecule has 0 bridgehead atoms. The van der Waals surface area contributed by atoms with Gasteiger partial charge in [0.1, 0.15) is 6.67 Å². The third-order valence-corrected chi connectivity index (χ3v) is 5.15. The lowest BCUT2D eigenvalue weighted by Gasteiger charge is -2.26. The summed E-state index contributed by atoms with van der Waals surface area (Å²) in [5.74, 6) is 6.57. The molecular formula is C27H38FN3. The summed E-state index contributed by atoms with van der Waals surface area (Å²) in [4.78, 5) is 4.46. The summed E-state index contributed by atoms with van der Waals surface area (Å²) in [6, 6.07) is 0. The second kappa shape index (κ2) is 13.6. The molecule has 0 saturated carbocycles. The maximum absolute atomic E-state index is 13.0. The summed E-state index contributed by atoms with van der Waals surface area (Å²) in [5, 5.41) is 4.38. The van der Waals surface area contributed by atoms with Gasteiger partial charge in [-0.15, -0.1) is 5.92 Å². The normalized spacial score (nSPS) is 14.6. The molecule has 1 rings (SSSR count). The third kappa shape index (κ3) is 8.92. The molecule has 0 amide bonds. The van der Waals surface area contributed by atoms with Crippen molar-refractivity contribution in [2.45, 2.75) is 60.8 Å². The Balaban J connectivity index is 2.94. The molecule has 1 aromatic rings. The van der Waals surface area contributed by atoms with Crippen molar-refractivity contribution in [2.75, 3.05) is 6.67 Å². The summed E-state index contributed by atoms with van der Waals surface area (Å²) >= 11 is 0. The van der Waals surface area contributed by atoms with E-state index < -0.39 is 6.67 Å². The number of aliphatic imine (C=N–C) groups is 1. The van der Waals surface area contributed by atoms with E-state index in [0.717, 1.165) is 41.7 Å². The highest BCUT2D eigenvalue weighted by Crippen LogP contribution is 2.29. The molecule has 0 aliphatic rings. The molecule has 1 aromatic heterocycles. The Morgan fingerprint density at radius 2 is 2.06 bits per heavy atom. The van der Waals surface area contributed by atoms with Crippen molar-refractivity contribution >= 4 is 11.8 Å². The second-order valence-electron chi connectivity index (χ2n) is 8.53. The van der Waals surface area contributed by atoms with Crippen LogP contribution in [-0.4, -0.2) is 22.7 Å². The van der Waals surface area contributed by atoms with E-state index in [1.54, 1.807) is 10.8 Å². The first-order chi connectivity index (χ1) is 14.8. The van der Waals surface area contributed by atoms with E-state index >= 15 is 0 Å². The van der Waals surface area contributed by atoms with Gasteiger partial charge >= 0.3 is 0 Å². The van der Waals surface area contributed by atoms with Gasteiger partial charge in [-0.2, -0.15) is 5.10 Å². The molecule has 1 unspecified atom stereocenters. The summed E-state index contributed by atoms with van der Waals surface area (Å²) < 4.78 is 14.8. The quantitative estimate of drug-likeness (QED) is 0.229. The van der Waals surface area contributed by atoms with Crippen molar-refractivity contribution in [3.63, 3.8) is 0 Å². The number of alkyl halides is 1. The van der Waals surface area contributed by atoms with Gasteiger partial charge in [-0.05, 0) is 61.7 Å². The molecule has 1 heterocycles. The van der Waals surface area contributed by atoms with E-state index in [1.807, 2.05) is 51.7 Å². The summed E-state index contributed by atoms with van der Waals surface area (Å²) in [6.45, 7) is 12.2. The van der Waals surface area contributed by atoms with E-state index in [2.05, 4.69) is 61.8 Å². The molecule has 1 atom stereocenters. The fraction of sp³-hybridized carbons (Fsp3) is 0.481.